The zero-order valence-electron chi connectivity index (χ0n) is 16.0. The molecule has 0 spiro atoms. The van der Waals surface area contributed by atoms with Crippen LogP contribution in [0.5, 0.6) is 5.75 Å². The number of nitrogens with zero attached hydrogens (tertiary/aromatic N) is 1. The smallest absolute Gasteiger partial charge is 0.191 e. The van der Waals surface area contributed by atoms with Crippen molar-refractivity contribution in [1.82, 2.24) is 10.6 Å². The normalized spacial score (nSPS) is 12.4. The lowest BCUT2D eigenvalue weighted by Gasteiger charge is -2.24. The Balaban J connectivity index is 2.56. The minimum Gasteiger partial charge on any atom is -0.493 e. The van der Waals surface area contributed by atoms with E-state index in [-0.39, 0.29) is 5.60 Å². The van der Waals surface area contributed by atoms with Gasteiger partial charge in [-0.1, -0.05) is 32.0 Å². The van der Waals surface area contributed by atoms with Gasteiger partial charge in [0.05, 0.1) is 12.2 Å². The van der Waals surface area contributed by atoms with Crippen LogP contribution in [0.1, 0.15) is 39.7 Å². The van der Waals surface area contributed by atoms with E-state index in [9.17, 15) is 0 Å². The summed E-state index contributed by atoms with van der Waals surface area (Å²) >= 11 is 0. The van der Waals surface area contributed by atoms with Crippen molar-refractivity contribution < 1.29 is 9.47 Å². The van der Waals surface area contributed by atoms with E-state index >= 15 is 0 Å². The van der Waals surface area contributed by atoms with Crippen LogP contribution in [0.3, 0.4) is 0 Å². The second-order valence-electron chi connectivity index (χ2n) is 6.88. The van der Waals surface area contributed by atoms with Crippen molar-refractivity contribution in [2.45, 2.75) is 46.3 Å². The van der Waals surface area contributed by atoms with Crippen molar-refractivity contribution in [3.05, 3.63) is 29.8 Å². The molecule has 0 aliphatic rings. The van der Waals surface area contributed by atoms with E-state index in [1.165, 1.54) is 0 Å². The molecule has 0 aromatic heterocycles. The number of benzene rings is 1. The monoisotopic (exact) mass is 335 g/mol. The number of ether oxygens (including phenoxy) is 2. The summed E-state index contributed by atoms with van der Waals surface area (Å²) in [7, 11) is 3.47. The highest BCUT2D eigenvalue weighted by atomic mass is 16.5. The zero-order chi connectivity index (χ0) is 18.0. The SMILES string of the molecule is CN=C(NCc1ccccc1OCCC(C)C)NCC(C)(C)OC. The van der Waals surface area contributed by atoms with Gasteiger partial charge in [-0.3, -0.25) is 4.99 Å². The molecule has 24 heavy (non-hydrogen) atoms. The Kier molecular flexibility index (Phi) is 8.61. The van der Waals surface area contributed by atoms with Crippen molar-refractivity contribution >= 4 is 5.96 Å². The molecular formula is C19H33N3O2. The van der Waals surface area contributed by atoms with Crippen LogP contribution in [0.25, 0.3) is 0 Å². The highest BCUT2D eigenvalue weighted by molar-refractivity contribution is 5.79. The summed E-state index contributed by atoms with van der Waals surface area (Å²) in [5.41, 5.74) is 0.880. The van der Waals surface area contributed by atoms with Gasteiger partial charge in [0.25, 0.3) is 0 Å². The second-order valence-corrected chi connectivity index (χ2v) is 6.88. The van der Waals surface area contributed by atoms with Crippen LogP contribution < -0.4 is 15.4 Å². The average molecular weight is 335 g/mol. The van der Waals surface area contributed by atoms with Crippen LogP contribution in [0.2, 0.25) is 0 Å². The lowest BCUT2D eigenvalue weighted by Crippen LogP contribution is -2.45. The molecular weight excluding hydrogens is 302 g/mol. The van der Waals surface area contributed by atoms with Crippen molar-refractivity contribution in [1.29, 1.82) is 0 Å². The minimum atomic E-state index is -0.241. The minimum absolute atomic E-state index is 0.241. The predicted octanol–water partition coefficient (Wildman–Crippen LogP) is 3.20. The van der Waals surface area contributed by atoms with Gasteiger partial charge in [-0.05, 0) is 32.3 Å². The number of aliphatic imine (C=N–C) groups is 1. The lowest BCUT2D eigenvalue weighted by atomic mass is 10.1. The maximum Gasteiger partial charge on any atom is 0.191 e. The van der Waals surface area contributed by atoms with E-state index < -0.39 is 0 Å². The molecule has 0 unspecified atom stereocenters. The first-order chi connectivity index (χ1) is 11.4. The first kappa shape index (κ1) is 20.3. The van der Waals surface area contributed by atoms with Crippen molar-refractivity contribution in [3.63, 3.8) is 0 Å². The summed E-state index contributed by atoms with van der Waals surface area (Å²) in [6, 6.07) is 8.12. The molecule has 0 aliphatic heterocycles. The fourth-order valence-electron chi connectivity index (χ4n) is 1.96. The molecule has 0 saturated heterocycles. The zero-order valence-corrected chi connectivity index (χ0v) is 16.0. The summed E-state index contributed by atoms with van der Waals surface area (Å²) in [6.45, 7) is 10.5. The third kappa shape index (κ3) is 7.68. The fraction of sp³-hybridized carbons (Fsp3) is 0.632. The summed E-state index contributed by atoms with van der Waals surface area (Å²) in [5.74, 6) is 2.32. The number of hydrogen-bond donors (Lipinski definition) is 2. The summed E-state index contributed by atoms with van der Waals surface area (Å²) < 4.78 is 11.3. The van der Waals surface area contributed by atoms with E-state index in [0.29, 0.717) is 19.0 Å². The molecule has 5 heteroatoms. The van der Waals surface area contributed by atoms with Gasteiger partial charge in [0.1, 0.15) is 5.75 Å². The molecule has 0 heterocycles. The third-order valence-corrected chi connectivity index (χ3v) is 3.83. The second kappa shape index (κ2) is 10.2. The molecule has 1 rings (SSSR count). The molecule has 1 aromatic carbocycles. The van der Waals surface area contributed by atoms with E-state index in [1.807, 2.05) is 32.0 Å². The van der Waals surface area contributed by atoms with Crippen LogP contribution >= 0.6 is 0 Å². The molecule has 0 saturated carbocycles. The first-order valence-corrected chi connectivity index (χ1v) is 8.58. The Morgan fingerprint density at radius 3 is 2.54 bits per heavy atom. The first-order valence-electron chi connectivity index (χ1n) is 8.58. The Labute approximate surface area is 146 Å². The number of para-hydroxylation sites is 1. The maximum atomic E-state index is 5.93. The molecule has 0 amide bonds. The van der Waals surface area contributed by atoms with Gasteiger partial charge in [-0.2, -0.15) is 0 Å². The summed E-state index contributed by atoms with van der Waals surface area (Å²) in [6.07, 6.45) is 1.05. The largest absolute Gasteiger partial charge is 0.493 e. The topological polar surface area (TPSA) is 54.9 Å². The van der Waals surface area contributed by atoms with Gasteiger partial charge in [0.15, 0.2) is 5.96 Å². The maximum absolute atomic E-state index is 5.93. The quantitative estimate of drug-likeness (QED) is 0.537. The number of nitrogens with one attached hydrogen (secondary N) is 2. The van der Waals surface area contributed by atoms with E-state index in [4.69, 9.17) is 9.47 Å². The predicted molar refractivity (Wildman–Crippen MR) is 101 cm³/mol. The molecule has 0 atom stereocenters. The van der Waals surface area contributed by atoms with Gasteiger partial charge in [0.2, 0.25) is 0 Å². The Morgan fingerprint density at radius 1 is 1.21 bits per heavy atom. The fourth-order valence-corrected chi connectivity index (χ4v) is 1.96. The van der Waals surface area contributed by atoms with Crippen molar-refractivity contribution in [2.75, 3.05) is 27.3 Å². The Hall–Kier alpha value is -1.75. The highest BCUT2D eigenvalue weighted by Gasteiger charge is 2.16. The number of methoxy groups -OCH3 is 1. The van der Waals surface area contributed by atoms with Crippen LogP contribution in [0.15, 0.2) is 29.3 Å². The molecule has 0 fully saturated rings. The van der Waals surface area contributed by atoms with Gasteiger partial charge >= 0.3 is 0 Å². The highest BCUT2D eigenvalue weighted by Crippen LogP contribution is 2.18. The average Bonchev–Trinajstić information content (AvgIpc) is 2.56. The molecule has 1 aromatic rings. The molecule has 0 radical (unpaired) electrons. The van der Waals surface area contributed by atoms with E-state index in [2.05, 4.69) is 35.5 Å². The Morgan fingerprint density at radius 2 is 1.92 bits per heavy atom. The third-order valence-electron chi connectivity index (χ3n) is 3.83. The number of rotatable bonds is 9. The number of guanidine groups is 1. The van der Waals surface area contributed by atoms with Gasteiger partial charge < -0.3 is 20.1 Å². The summed E-state index contributed by atoms with van der Waals surface area (Å²) in [4.78, 5) is 4.25. The van der Waals surface area contributed by atoms with Crippen molar-refractivity contribution in [3.8, 4) is 5.75 Å². The van der Waals surface area contributed by atoms with Gasteiger partial charge in [-0.15, -0.1) is 0 Å². The van der Waals surface area contributed by atoms with Crippen LogP contribution in [0.4, 0.5) is 0 Å². The number of hydrogen-bond acceptors (Lipinski definition) is 3. The summed E-state index contributed by atoms with van der Waals surface area (Å²) in [5, 5.41) is 6.61. The van der Waals surface area contributed by atoms with Gasteiger partial charge in [0, 0.05) is 32.8 Å². The van der Waals surface area contributed by atoms with Crippen LogP contribution in [0, 0.1) is 5.92 Å². The van der Waals surface area contributed by atoms with Gasteiger partial charge in [-0.25, -0.2) is 0 Å². The van der Waals surface area contributed by atoms with Crippen LogP contribution in [-0.2, 0) is 11.3 Å². The molecule has 0 aliphatic carbocycles. The standard InChI is InChI=1S/C19H33N3O2/c1-15(2)11-12-24-17-10-8-7-9-16(17)13-21-18(20-5)22-14-19(3,4)23-6/h7-10,15H,11-14H2,1-6H3,(H2,20,21,22). The molecule has 2 N–H and O–H groups in total. The molecule has 5 nitrogen and oxygen atoms in total. The lowest BCUT2D eigenvalue weighted by molar-refractivity contribution is 0.0268. The molecule has 136 valence electrons. The van der Waals surface area contributed by atoms with E-state index in [0.717, 1.165) is 30.3 Å². The molecule has 0 bridgehead atoms. The van der Waals surface area contributed by atoms with E-state index in [1.54, 1.807) is 14.2 Å². The Bertz CT molecular complexity index is 513. The van der Waals surface area contributed by atoms with Crippen molar-refractivity contribution in [2.24, 2.45) is 10.9 Å². The van der Waals surface area contributed by atoms with Crippen LogP contribution in [-0.4, -0.2) is 38.9 Å².